The van der Waals surface area contributed by atoms with Crippen molar-refractivity contribution >= 4 is 17.9 Å². The Morgan fingerprint density at radius 3 is 2.73 bits per heavy atom. The van der Waals surface area contributed by atoms with Crippen LogP contribution in [0.4, 0.5) is 0 Å². The summed E-state index contributed by atoms with van der Waals surface area (Å²) in [5.41, 5.74) is 4.68. The second-order valence-corrected chi connectivity index (χ2v) is 6.01. The third-order valence-electron chi connectivity index (χ3n) is 4.21. The van der Waals surface area contributed by atoms with E-state index in [1.807, 2.05) is 53.4 Å². The Hall–Kier alpha value is -3.12. The van der Waals surface area contributed by atoms with Crippen LogP contribution in [0.3, 0.4) is 0 Å². The molecular formula is C20H20N2O4. The summed E-state index contributed by atoms with van der Waals surface area (Å²) in [4.78, 5) is 25.2. The van der Waals surface area contributed by atoms with Crippen LogP contribution in [0.5, 0.6) is 5.75 Å². The van der Waals surface area contributed by atoms with Crippen LogP contribution in [-0.4, -0.2) is 35.1 Å². The van der Waals surface area contributed by atoms with Crippen molar-refractivity contribution in [3.05, 3.63) is 71.3 Å². The van der Waals surface area contributed by atoms with Gasteiger partial charge in [-0.3, -0.25) is 14.8 Å². The fraction of sp³-hybridized carbons (Fsp3) is 0.200. The van der Waals surface area contributed by atoms with Gasteiger partial charge in [0.15, 0.2) is 6.61 Å². The predicted molar refractivity (Wildman–Crippen MR) is 96.5 cm³/mol. The topological polar surface area (TPSA) is 78.9 Å². The third kappa shape index (κ3) is 4.49. The Kier molecular flexibility index (Phi) is 5.66. The van der Waals surface area contributed by atoms with Gasteiger partial charge in [0.05, 0.1) is 0 Å². The Balaban J connectivity index is 1.61. The summed E-state index contributed by atoms with van der Waals surface area (Å²) in [6.45, 7) is 0.931. The second kappa shape index (κ2) is 8.31. The molecule has 6 nitrogen and oxygen atoms in total. The van der Waals surface area contributed by atoms with Crippen LogP contribution in [0, 0.1) is 0 Å². The first-order valence-corrected chi connectivity index (χ1v) is 8.35. The highest BCUT2D eigenvalue weighted by Gasteiger charge is 2.19. The van der Waals surface area contributed by atoms with Gasteiger partial charge in [-0.15, -0.1) is 0 Å². The zero-order valence-corrected chi connectivity index (χ0v) is 14.2. The van der Waals surface area contributed by atoms with Crippen molar-refractivity contribution in [3.8, 4) is 5.75 Å². The van der Waals surface area contributed by atoms with Crippen LogP contribution in [0.1, 0.15) is 16.7 Å². The largest absolute Gasteiger partial charge is 0.484 e. The zero-order valence-electron chi connectivity index (χ0n) is 14.2. The number of rotatable bonds is 5. The summed E-state index contributed by atoms with van der Waals surface area (Å²) in [6.07, 6.45) is 4.15. The van der Waals surface area contributed by atoms with E-state index in [4.69, 9.17) is 9.94 Å². The van der Waals surface area contributed by atoms with Gasteiger partial charge in [0.25, 0.3) is 5.91 Å². The Morgan fingerprint density at radius 1 is 1.15 bits per heavy atom. The van der Waals surface area contributed by atoms with Gasteiger partial charge in [-0.25, -0.2) is 5.48 Å². The predicted octanol–water partition coefficient (Wildman–Crippen LogP) is 2.17. The summed E-state index contributed by atoms with van der Waals surface area (Å²) in [5.74, 6) is -0.0553. The summed E-state index contributed by atoms with van der Waals surface area (Å²) in [5, 5.41) is 8.48. The number of hydroxylamine groups is 1. The molecule has 3 rings (SSSR count). The van der Waals surface area contributed by atoms with Crippen molar-refractivity contribution in [2.75, 3.05) is 13.2 Å². The van der Waals surface area contributed by atoms with Crippen LogP contribution in [-0.2, 0) is 22.6 Å². The van der Waals surface area contributed by atoms with Crippen LogP contribution in [0.15, 0.2) is 54.6 Å². The minimum absolute atomic E-state index is 0.0144. The standard InChI is InChI=1S/C20H20N2O4/c23-19(21-25)14-26-18-8-7-17-13-22(11-10-16(17)12-18)20(24)9-6-15-4-2-1-3-5-15/h1-9,12,25H,10-11,13-14H2,(H,21,23)/b9-6+. The number of ether oxygens (including phenoxy) is 1. The number of hydrogen-bond donors (Lipinski definition) is 2. The van der Waals surface area contributed by atoms with Crippen LogP contribution in [0.25, 0.3) is 6.08 Å². The minimum Gasteiger partial charge on any atom is -0.484 e. The molecule has 1 heterocycles. The molecule has 0 atom stereocenters. The number of benzene rings is 2. The Morgan fingerprint density at radius 2 is 1.96 bits per heavy atom. The molecule has 0 bridgehead atoms. The van der Waals surface area contributed by atoms with Gasteiger partial charge >= 0.3 is 0 Å². The monoisotopic (exact) mass is 352 g/mol. The molecule has 0 aromatic heterocycles. The highest BCUT2D eigenvalue weighted by molar-refractivity contribution is 5.91. The van der Waals surface area contributed by atoms with E-state index in [0.29, 0.717) is 18.8 Å². The lowest BCUT2D eigenvalue weighted by atomic mass is 9.99. The molecule has 2 N–H and O–H groups in total. The number of amides is 2. The molecule has 0 saturated carbocycles. The van der Waals surface area contributed by atoms with Gasteiger partial charge in [-0.2, -0.15) is 0 Å². The molecule has 0 fully saturated rings. The van der Waals surface area contributed by atoms with E-state index in [-0.39, 0.29) is 12.5 Å². The van der Waals surface area contributed by atoms with E-state index >= 15 is 0 Å². The van der Waals surface area contributed by atoms with Crippen molar-refractivity contribution in [1.82, 2.24) is 10.4 Å². The molecule has 1 aliphatic rings. The van der Waals surface area contributed by atoms with E-state index in [9.17, 15) is 9.59 Å². The maximum atomic E-state index is 12.4. The normalized spacial score (nSPS) is 13.3. The summed E-state index contributed by atoms with van der Waals surface area (Å²) in [6, 6.07) is 15.3. The first-order valence-electron chi connectivity index (χ1n) is 8.35. The molecule has 0 spiro atoms. The van der Waals surface area contributed by atoms with E-state index < -0.39 is 5.91 Å². The molecule has 0 radical (unpaired) electrons. The molecule has 2 amide bonds. The molecule has 2 aromatic rings. The Labute approximate surface area is 151 Å². The molecule has 0 unspecified atom stereocenters. The smallest absolute Gasteiger partial charge is 0.281 e. The van der Waals surface area contributed by atoms with Crippen LogP contribution >= 0.6 is 0 Å². The van der Waals surface area contributed by atoms with Crippen molar-refractivity contribution < 1.29 is 19.5 Å². The number of carbonyl (C=O) groups excluding carboxylic acids is 2. The lowest BCUT2D eigenvalue weighted by Crippen LogP contribution is -2.34. The van der Waals surface area contributed by atoms with Gasteiger partial charge in [-0.05, 0) is 41.3 Å². The Bertz CT molecular complexity index is 818. The molecule has 0 saturated heterocycles. The number of fused-ring (bicyclic) bond motifs is 1. The van der Waals surface area contributed by atoms with Gasteiger partial charge in [-0.1, -0.05) is 36.4 Å². The molecule has 1 aliphatic heterocycles. The van der Waals surface area contributed by atoms with Gasteiger partial charge in [0, 0.05) is 19.2 Å². The maximum Gasteiger partial charge on any atom is 0.281 e. The molecule has 6 heteroatoms. The fourth-order valence-corrected chi connectivity index (χ4v) is 2.83. The summed E-state index contributed by atoms with van der Waals surface area (Å²) in [7, 11) is 0. The highest BCUT2D eigenvalue weighted by atomic mass is 16.5. The van der Waals surface area contributed by atoms with Gasteiger partial charge in [0.2, 0.25) is 5.91 Å². The van der Waals surface area contributed by atoms with E-state index in [1.54, 1.807) is 12.1 Å². The molecule has 26 heavy (non-hydrogen) atoms. The van der Waals surface area contributed by atoms with Crippen molar-refractivity contribution in [2.24, 2.45) is 0 Å². The first kappa shape index (κ1) is 17.7. The van der Waals surface area contributed by atoms with E-state index in [0.717, 1.165) is 23.1 Å². The second-order valence-electron chi connectivity index (χ2n) is 6.01. The van der Waals surface area contributed by atoms with Gasteiger partial charge in [0.1, 0.15) is 5.75 Å². The molecule has 134 valence electrons. The van der Waals surface area contributed by atoms with Crippen LogP contribution < -0.4 is 10.2 Å². The van der Waals surface area contributed by atoms with E-state index in [2.05, 4.69) is 0 Å². The number of nitrogens with one attached hydrogen (secondary N) is 1. The maximum absolute atomic E-state index is 12.4. The average Bonchev–Trinajstić information content (AvgIpc) is 2.70. The van der Waals surface area contributed by atoms with Crippen molar-refractivity contribution in [2.45, 2.75) is 13.0 Å². The minimum atomic E-state index is -0.607. The number of nitrogens with zero attached hydrogens (tertiary/aromatic N) is 1. The first-order chi connectivity index (χ1) is 12.7. The van der Waals surface area contributed by atoms with Crippen LogP contribution in [0.2, 0.25) is 0 Å². The molecular weight excluding hydrogens is 332 g/mol. The summed E-state index contributed by atoms with van der Waals surface area (Å²) < 4.78 is 5.32. The SMILES string of the molecule is O=C(COc1ccc2c(c1)CCN(C(=O)/C=C/c1ccccc1)C2)NO. The van der Waals surface area contributed by atoms with Gasteiger partial charge < -0.3 is 9.64 Å². The third-order valence-corrected chi connectivity index (χ3v) is 4.21. The number of carbonyl (C=O) groups is 2. The molecule has 0 aliphatic carbocycles. The summed E-state index contributed by atoms with van der Waals surface area (Å²) >= 11 is 0. The lowest BCUT2D eigenvalue weighted by molar-refractivity contribution is -0.131. The van der Waals surface area contributed by atoms with Crippen molar-refractivity contribution in [1.29, 1.82) is 0 Å². The quantitative estimate of drug-likeness (QED) is 0.491. The van der Waals surface area contributed by atoms with Crippen molar-refractivity contribution in [3.63, 3.8) is 0 Å². The average molecular weight is 352 g/mol. The zero-order chi connectivity index (χ0) is 18.4. The lowest BCUT2D eigenvalue weighted by Gasteiger charge is -2.28. The fourth-order valence-electron chi connectivity index (χ4n) is 2.83. The number of hydrogen-bond acceptors (Lipinski definition) is 4. The highest BCUT2D eigenvalue weighted by Crippen LogP contribution is 2.24. The molecule has 2 aromatic carbocycles. The van der Waals surface area contributed by atoms with E-state index in [1.165, 1.54) is 5.48 Å².